The van der Waals surface area contributed by atoms with E-state index >= 15 is 0 Å². The molecule has 2 rings (SSSR count). The molecule has 0 aliphatic carbocycles. The van der Waals surface area contributed by atoms with Crippen molar-refractivity contribution < 1.29 is 60.3 Å². The summed E-state index contributed by atoms with van der Waals surface area (Å²) >= 11 is 0. The summed E-state index contributed by atoms with van der Waals surface area (Å²) < 4.78 is 93.6. The number of hydrogen-bond donors (Lipinski definition) is 2. The van der Waals surface area contributed by atoms with Gasteiger partial charge in [0.15, 0.2) is 27.2 Å². The smallest absolute Gasteiger partial charge is 0.478 e. The van der Waals surface area contributed by atoms with E-state index in [1.165, 1.54) is 0 Å². The zero-order chi connectivity index (χ0) is 23.6. The fourth-order valence-electron chi connectivity index (χ4n) is 2.16. The maximum atomic E-state index is 14.1. The van der Waals surface area contributed by atoms with E-state index < -0.39 is 64.7 Å². The second kappa shape index (κ2) is 8.88. The highest BCUT2D eigenvalue weighted by Gasteiger charge is 2.32. The zero-order valence-electron chi connectivity index (χ0n) is 14.8. The fraction of sp³-hybridized carbons (Fsp3) is 0.188. The lowest BCUT2D eigenvalue weighted by Gasteiger charge is -2.24. The van der Waals surface area contributed by atoms with Gasteiger partial charge in [-0.05, 0) is 12.1 Å². The van der Waals surface area contributed by atoms with Crippen molar-refractivity contribution in [1.29, 1.82) is 0 Å². The van der Waals surface area contributed by atoms with E-state index in [-0.39, 0.29) is 0 Å². The summed E-state index contributed by atoms with van der Waals surface area (Å²) in [6.07, 6.45) is -5.12. The van der Waals surface area contributed by atoms with Crippen LogP contribution in [0.1, 0.15) is 10.4 Å². The van der Waals surface area contributed by atoms with E-state index in [0.717, 1.165) is 6.07 Å². The summed E-state index contributed by atoms with van der Waals surface area (Å²) in [4.78, 5) is 11.3. The Labute approximate surface area is 171 Å². The molecule has 0 aromatic heterocycles. The van der Waals surface area contributed by atoms with E-state index in [2.05, 4.69) is 14.2 Å². The summed E-state index contributed by atoms with van der Waals surface area (Å²) in [5.41, 5.74) is -4.09. The van der Waals surface area contributed by atoms with Crippen molar-refractivity contribution in [3.05, 3.63) is 41.7 Å². The average Bonchev–Trinajstić information content (AvgIpc) is 2.53. The van der Waals surface area contributed by atoms with Crippen LogP contribution in [0.5, 0.6) is 28.7 Å². The SMILES string of the molecule is [B]C([B])(O)Oc1cc(OC(F)(F)F)ccc1Oc1cc(OC(F)F)cc(F)c1C(=O)O. The van der Waals surface area contributed by atoms with Gasteiger partial charge < -0.3 is 29.2 Å². The first-order valence-corrected chi connectivity index (χ1v) is 7.73. The highest BCUT2D eigenvalue weighted by molar-refractivity contribution is 6.37. The Hall–Kier alpha value is -3.22. The fourth-order valence-corrected chi connectivity index (χ4v) is 2.16. The van der Waals surface area contributed by atoms with E-state index in [0.29, 0.717) is 24.3 Å². The first kappa shape index (κ1) is 24.1. The molecule has 2 aromatic carbocycles. The minimum absolute atomic E-state index is 0.346. The lowest BCUT2D eigenvalue weighted by Crippen LogP contribution is -2.36. The largest absolute Gasteiger partial charge is 0.573 e. The number of hydrogen-bond acceptors (Lipinski definition) is 6. The van der Waals surface area contributed by atoms with Crippen molar-refractivity contribution in [3.63, 3.8) is 0 Å². The first-order chi connectivity index (χ1) is 14.1. The van der Waals surface area contributed by atoms with Crippen LogP contribution >= 0.6 is 0 Å². The average molecular weight is 448 g/mol. The second-order valence-corrected chi connectivity index (χ2v) is 5.57. The van der Waals surface area contributed by atoms with E-state index in [9.17, 15) is 36.2 Å². The van der Waals surface area contributed by atoms with Gasteiger partial charge in [0.2, 0.25) is 0 Å². The van der Waals surface area contributed by atoms with Gasteiger partial charge in [0.1, 0.15) is 34.2 Å². The molecule has 0 spiro atoms. The molecule has 0 heterocycles. The van der Waals surface area contributed by atoms with Gasteiger partial charge in [-0.15, -0.1) is 13.2 Å². The minimum atomic E-state index is -5.12. The van der Waals surface area contributed by atoms with Gasteiger partial charge in [-0.25, -0.2) is 9.18 Å². The number of benzene rings is 2. The van der Waals surface area contributed by atoms with Crippen LogP contribution in [0.4, 0.5) is 26.3 Å². The third-order valence-electron chi connectivity index (χ3n) is 3.11. The highest BCUT2D eigenvalue weighted by Crippen LogP contribution is 2.40. The number of aliphatic hydroxyl groups is 1. The van der Waals surface area contributed by atoms with Crippen LogP contribution in [0, 0.1) is 5.82 Å². The lowest BCUT2D eigenvalue weighted by atomic mass is 9.76. The maximum absolute atomic E-state index is 14.1. The minimum Gasteiger partial charge on any atom is -0.478 e. The quantitative estimate of drug-likeness (QED) is 0.364. The number of aromatic carboxylic acids is 1. The van der Waals surface area contributed by atoms with Crippen molar-refractivity contribution in [2.24, 2.45) is 0 Å². The Bertz CT molecular complexity index is 963. The number of carboxylic acid groups (broad SMARTS) is 1. The predicted octanol–water partition coefficient (Wildman–Crippen LogP) is 3.14. The van der Waals surface area contributed by atoms with E-state index in [1.54, 1.807) is 0 Å². The molecule has 2 N–H and O–H groups in total. The topological polar surface area (TPSA) is 94.5 Å². The summed E-state index contributed by atoms with van der Waals surface area (Å²) in [6, 6.07) is 2.83. The van der Waals surface area contributed by atoms with Crippen LogP contribution in [0.15, 0.2) is 30.3 Å². The van der Waals surface area contributed by atoms with Crippen LogP contribution in [0.25, 0.3) is 0 Å². The third kappa shape index (κ3) is 7.20. The van der Waals surface area contributed by atoms with E-state index in [1.807, 2.05) is 0 Å². The zero-order valence-corrected chi connectivity index (χ0v) is 14.8. The van der Waals surface area contributed by atoms with Gasteiger partial charge in [-0.3, -0.25) is 0 Å². The van der Waals surface area contributed by atoms with Crippen LogP contribution in [-0.2, 0) is 0 Å². The number of ether oxygens (including phenoxy) is 4. The Morgan fingerprint density at radius 2 is 1.58 bits per heavy atom. The molecule has 0 aliphatic rings. The van der Waals surface area contributed by atoms with Crippen molar-refractivity contribution >= 4 is 21.7 Å². The van der Waals surface area contributed by atoms with Gasteiger partial charge in [-0.2, -0.15) is 8.78 Å². The van der Waals surface area contributed by atoms with Crippen LogP contribution < -0.4 is 18.9 Å². The maximum Gasteiger partial charge on any atom is 0.573 e. The molecule has 0 aliphatic heterocycles. The predicted molar refractivity (Wildman–Crippen MR) is 90.3 cm³/mol. The molecule has 0 fully saturated rings. The summed E-state index contributed by atoms with van der Waals surface area (Å²) in [5.74, 6) is -7.51. The standard InChI is InChI=1S/C16H8B2F6O7/c17-15(18,27)31-10-4-6(30-16(22,23)24)1-2-9(10)29-11-5-7(28-14(20)21)3-8(19)12(11)13(25)26/h1-5,14,27H,(H,25,26). The Balaban J connectivity index is 2.55. The third-order valence-corrected chi connectivity index (χ3v) is 3.11. The molecule has 0 saturated carbocycles. The molecular weight excluding hydrogens is 440 g/mol. The number of halogens is 6. The van der Waals surface area contributed by atoms with Crippen LogP contribution in [0.2, 0.25) is 0 Å². The van der Waals surface area contributed by atoms with Gasteiger partial charge in [0.05, 0.1) is 0 Å². The molecule has 0 saturated heterocycles. The van der Waals surface area contributed by atoms with E-state index in [4.69, 9.17) is 25.5 Å². The van der Waals surface area contributed by atoms with Gasteiger partial charge in [-0.1, -0.05) is 0 Å². The monoisotopic (exact) mass is 448 g/mol. The van der Waals surface area contributed by atoms with Crippen molar-refractivity contribution in [2.75, 3.05) is 0 Å². The molecule has 0 amide bonds. The molecule has 0 unspecified atom stereocenters. The Morgan fingerprint density at radius 3 is 2.10 bits per heavy atom. The lowest BCUT2D eigenvalue weighted by molar-refractivity contribution is -0.274. The normalized spacial score (nSPS) is 11.9. The molecule has 15 heteroatoms. The van der Waals surface area contributed by atoms with Crippen molar-refractivity contribution in [1.82, 2.24) is 0 Å². The van der Waals surface area contributed by atoms with Gasteiger partial charge in [0, 0.05) is 18.2 Å². The molecule has 7 nitrogen and oxygen atoms in total. The van der Waals surface area contributed by atoms with Crippen LogP contribution in [-0.4, -0.2) is 50.4 Å². The first-order valence-electron chi connectivity index (χ1n) is 7.73. The Morgan fingerprint density at radius 1 is 0.968 bits per heavy atom. The molecule has 2 aromatic rings. The molecule has 162 valence electrons. The number of rotatable bonds is 8. The molecule has 0 bridgehead atoms. The van der Waals surface area contributed by atoms with Gasteiger partial charge >= 0.3 is 18.9 Å². The summed E-state index contributed by atoms with van der Waals surface area (Å²) in [7, 11) is 10.0. The van der Waals surface area contributed by atoms with Gasteiger partial charge in [0.25, 0.3) is 0 Å². The van der Waals surface area contributed by atoms with Crippen LogP contribution in [0.3, 0.4) is 0 Å². The number of alkyl halides is 5. The number of carbonyl (C=O) groups is 1. The number of carboxylic acids is 1. The summed E-state index contributed by atoms with van der Waals surface area (Å²) in [6.45, 7) is -3.40. The highest BCUT2D eigenvalue weighted by atomic mass is 19.4. The Kier molecular flexibility index (Phi) is 6.89. The molecular formula is C16H8B2F6O7. The van der Waals surface area contributed by atoms with Crippen molar-refractivity contribution in [3.8, 4) is 28.7 Å². The molecule has 0 atom stereocenters. The second-order valence-electron chi connectivity index (χ2n) is 5.57. The molecule has 31 heavy (non-hydrogen) atoms. The summed E-state index contributed by atoms with van der Waals surface area (Å²) in [5, 5.41) is 18.5. The van der Waals surface area contributed by atoms with Crippen molar-refractivity contribution in [2.45, 2.75) is 18.6 Å². The molecule has 4 radical (unpaired) electrons.